The molecule has 9 heteroatoms. The van der Waals surface area contributed by atoms with Crippen LogP contribution in [0.3, 0.4) is 0 Å². The first-order valence-corrected chi connectivity index (χ1v) is 8.90. The largest absolute Gasteiger partial charge is 0.382 e. The Kier molecular flexibility index (Phi) is 6.05. The van der Waals surface area contributed by atoms with Gasteiger partial charge >= 0.3 is 5.69 Å². The van der Waals surface area contributed by atoms with Crippen LogP contribution in [0.1, 0.15) is 31.4 Å². The van der Waals surface area contributed by atoms with E-state index >= 15 is 0 Å². The second-order valence-corrected chi connectivity index (χ2v) is 6.41. The molecule has 2 heterocycles. The first-order valence-electron chi connectivity index (χ1n) is 7.79. The summed E-state index contributed by atoms with van der Waals surface area (Å²) < 4.78 is 21.6. The summed E-state index contributed by atoms with van der Waals surface area (Å²) in [5.74, 6) is -0.0397. The molecule has 1 aromatic carbocycles. The number of nitrogens with two attached hydrogens (primary N) is 1. The summed E-state index contributed by atoms with van der Waals surface area (Å²) in [4.78, 5) is 22.3. The van der Waals surface area contributed by atoms with Crippen molar-refractivity contribution in [2.24, 2.45) is 0 Å². The molecule has 0 aliphatic rings. The summed E-state index contributed by atoms with van der Waals surface area (Å²) in [6, 6.07) is 7.67. The Morgan fingerprint density at radius 2 is 1.84 bits per heavy atom. The van der Waals surface area contributed by atoms with Gasteiger partial charge in [-0.15, -0.1) is 0 Å². The van der Waals surface area contributed by atoms with E-state index in [1.54, 1.807) is 0 Å². The maximum atomic E-state index is 12.1. The predicted octanol–water partition coefficient (Wildman–Crippen LogP) is 2.06. The van der Waals surface area contributed by atoms with E-state index in [-0.39, 0.29) is 28.7 Å². The molecule has 0 radical (unpaired) electrons. The SMILES string of the molecule is CCC.Cc1ccc(Cn2c(=O)[nH]c3c(N)nc(S(=O)O)nc32)cc1. The summed E-state index contributed by atoms with van der Waals surface area (Å²) in [5.41, 5.74) is 7.78. The number of hydrogen-bond acceptors (Lipinski definition) is 5. The zero-order chi connectivity index (χ0) is 18.6. The minimum Gasteiger partial charge on any atom is -0.382 e. The number of hydrogen-bond donors (Lipinski definition) is 3. The summed E-state index contributed by atoms with van der Waals surface area (Å²) in [7, 11) is 0. The van der Waals surface area contributed by atoms with Crippen molar-refractivity contribution in [2.75, 3.05) is 5.73 Å². The van der Waals surface area contributed by atoms with Crippen molar-refractivity contribution in [3.05, 3.63) is 45.9 Å². The molecule has 0 aliphatic carbocycles. The van der Waals surface area contributed by atoms with Gasteiger partial charge < -0.3 is 10.7 Å². The summed E-state index contributed by atoms with van der Waals surface area (Å²) in [5, 5.41) is -0.332. The topological polar surface area (TPSA) is 127 Å². The molecule has 3 aromatic rings. The fraction of sp³-hybridized carbons (Fsp3) is 0.312. The molecule has 0 aliphatic heterocycles. The summed E-state index contributed by atoms with van der Waals surface area (Å²) in [6.45, 7) is 6.49. The Labute approximate surface area is 147 Å². The average molecular weight is 363 g/mol. The van der Waals surface area contributed by atoms with Crippen molar-refractivity contribution < 1.29 is 8.76 Å². The van der Waals surface area contributed by atoms with Gasteiger partial charge in [-0.25, -0.2) is 9.00 Å². The highest BCUT2D eigenvalue weighted by Crippen LogP contribution is 2.16. The van der Waals surface area contributed by atoms with Crippen molar-refractivity contribution in [3.63, 3.8) is 0 Å². The average Bonchev–Trinajstić information content (AvgIpc) is 2.87. The van der Waals surface area contributed by atoms with Crippen LogP contribution in [0.4, 0.5) is 5.82 Å². The lowest BCUT2D eigenvalue weighted by molar-refractivity contribution is 0.555. The van der Waals surface area contributed by atoms with Gasteiger partial charge in [0.15, 0.2) is 11.5 Å². The van der Waals surface area contributed by atoms with Gasteiger partial charge in [0.05, 0.1) is 6.54 Å². The van der Waals surface area contributed by atoms with Crippen LogP contribution in [0.15, 0.2) is 34.2 Å². The third kappa shape index (κ3) is 4.31. The van der Waals surface area contributed by atoms with Crippen LogP contribution in [0.25, 0.3) is 11.2 Å². The van der Waals surface area contributed by atoms with Crippen LogP contribution in [0.2, 0.25) is 0 Å². The van der Waals surface area contributed by atoms with E-state index in [1.807, 2.05) is 31.2 Å². The Balaban J connectivity index is 0.000000701. The number of nitrogens with zero attached hydrogens (tertiary/aromatic N) is 3. The van der Waals surface area contributed by atoms with Crippen molar-refractivity contribution >= 4 is 28.1 Å². The Hall–Kier alpha value is -2.52. The number of aryl methyl sites for hydroxylation is 1. The monoisotopic (exact) mass is 363 g/mol. The van der Waals surface area contributed by atoms with Gasteiger partial charge in [-0.1, -0.05) is 50.1 Å². The van der Waals surface area contributed by atoms with Crippen LogP contribution in [0.5, 0.6) is 0 Å². The van der Waals surface area contributed by atoms with Gasteiger partial charge in [-0.2, -0.15) is 9.97 Å². The van der Waals surface area contributed by atoms with E-state index < -0.39 is 16.8 Å². The van der Waals surface area contributed by atoms with Crippen molar-refractivity contribution in [1.82, 2.24) is 19.5 Å². The van der Waals surface area contributed by atoms with Gasteiger partial charge in [0.1, 0.15) is 5.52 Å². The van der Waals surface area contributed by atoms with E-state index in [0.29, 0.717) is 0 Å². The Bertz CT molecular complexity index is 947. The molecule has 8 nitrogen and oxygen atoms in total. The fourth-order valence-corrected chi connectivity index (χ4v) is 2.47. The third-order valence-corrected chi connectivity index (χ3v) is 3.74. The maximum absolute atomic E-state index is 12.1. The smallest absolute Gasteiger partial charge is 0.328 e. The van der Waals surface area contributed by atoms with E-state index in [4.69, 9.17) is 10.3 Å². The lowest BCUT2D eigenvalue weighted by Gasteiger charge is -2.05. The van der Waals surface area contributed by atoms with E-state index in [9.17, 15) is 9.00 Å². The molecule has 25 heavy (non-hydrogen) atoms. The number of aromatic nitrogens is 4. The number of fused-ring (bicyclic) bond motifs is 1. The molecule has 0 amide bonds. The number of H-pyrrole nitrogens is 1. The van der Waals surface area contributed by atoms with Gasteiger partial charge in [0, 0.05) is 0 Å². The zero-order valence-corrected chi connectivity index (χ0v) is 15.1. The van der Waals surface area contributed by atoms with Crippen LogP contribution in [0, 0.1) is 6.92 Å². The van der Waals surface area contributed by atoms with Crippen molar-refractivity contribution in [1.29, 1.82) is 0 Å². The zero-order valence-electron chi connectivity index (χ0n) is 14.3. The molecule has 134 valence electrons. The number of rotatable bonds is 3. The normalized spacial score (nSPS) is 11.8. The highest BCUT2D eigenvalue weighted by Gasteiger charge is 2.16. The first kappa shape index (κ1) is 18.8. The number of nitrogens with one attached hydrogen (secondary N) is 1. The van der Waals surface area contributed by atoms with E-state index in [0.717, 1.165) is 11.1 Å². The first-order chi connectivity index (χ1) is 11.9. The van der Waals surface area contributed by atoms with Crippen LogP contribution < -0.4 is 11.4 Å². The highest BCUT2D eigenvalue weighted by atomic mass is 32.2. The second kappa shape index (κ2) is 8.04. The minimum absolute atomic E-state index is 0.0397. The molecule has 0 saturated carbocycles. The number of anilines is 1. The number of benzene rings is 1. The van der Waals surface area contributed by atoms with Gasteiger partial charge in [0.25, 0.3) is 5.16 Å². The van der Waals surface area contributed by atoms with E-state index in [2.05, 4.69) is 28.8 Å². The lowest BCUT2D eigenvalue weighted by Crippen LogP contribution is -2.18. The quantitative estimate of drug-likeness (QED) is 0.483. The number of nitrogen functional groups attached to an aromatic ring is 1. The molecule has 1 atom stereocenters. The molecule has 0 fully saturated rings. The predicted molar refractivity (Wildman–Crippen MR) is 97.8 cm³/mol. The third-order valence-electron chi connectivity index (χ3n) is 3.25. The molecule has 3 rings (SSSR count). The van der Waals surface area contributed by atoms with Crippen LogP contribution in [-0.4, -0.2) is 28.3 Å². The molecular formula is C16H21N5O3S. The maximum Gasteiger partial charge on any atom is 0.328 e. The molecule has 4 N–H and O–H groups in total. The van der Waals surface area contributed by atoms with Crippen LogP contribution >= 0.6 is 0 Å². The molecule has 1 unspecified atom stereocenters. The highest BCUT2D eigenvalue weighted by molar-refractivity contribution is 7.79. The minimum atomic E-state index is -2.38. The molecular weight excluding hydrogens is 342 g/mol. The molecule has 0 spiro atoms. The number of imidazole rings is 1. The Morgan fingerprint density at radius 3 is 2.40 bits per heavy atom. The standard InChI is InChI=1S/C13H13N5O3S.C3H8/c1-7-2-4-8(5-3-7)6-18-11-9(15-13(18)19)10(14)16-12(17-11)22(20)21;1-3-2/h2-5H,6H2,1H3,(H,15,19)(H,20,21)(H2,14,16,17);3H2,1-2H3. The van der Waals surface area contributed by atoms with Crippen molar-refractivity contribution in [3.8, 4) is 0 Å². The lowest BCUT2D eigenvalue weighted by atomic mass is 10.1. The summed E-state index contributed by atoms with van der Waals surface area (Å²) in [6.07, 6.45) is 1.25. The van der Waals surface area contributed by atoms with Gasteiger partial charge in [-0.05, 0) is 12.5 Å². The van der Waals surface area contributed by atoms with Crippen LogP contribution in [-0.2, 0) is 17.6 Å². The number of aromatic amines is 1. The van der Waals surface area contributed by atoms with Gasteiger partial charge in [0.2, 0.25) is 11.1 Å². The van der Waals surface area contributed by atoms with Crippen molar-refractivity contribution in [2.45, 2.75) is 38.9 Å². The van der Waals surface area contributed by atoms with E-state index in [1.165, 1.54) is 11.0 Å². The fourth-order valence-electron chi connectivity index (χ4n) is 2.13. The second-order valence-electron chi connectivity index (χ2n) is 5.55. The summed E-state index contributed by atoms with van der Waals surface area (Å²) >= 11 is -2.38. The molecule has 0 bridgehead atoms. The Morgan fingerprint density at radius 1 is 1.24 bits per heavy atom. The van der Waals surface area contributed by atoms with Gasteiger partial charge in [-0.3, -0.25) is 9.12 Å². The molecule has 2 aromatic heterocycles. The molecule has 0 saturated heterocycles.